The van der Waals surface area contributed by atoms with E-state index in [2.05, 4.69) is 9.97 Å². The highest BCUT2D eigenvalue weighted by atomic mass is 35.5. The first kappa shape index (κ1) is 15.8. The van der Waals surface area contributed by atoms with Gasteiger partial charge >= 0.3 is 5.97 Å². The van der Waals surface area contributed by atoms with Crippen LogP contribution >= 0.6 is 11.6 Å². The molecule has 1 aliphatic rings. The Balaban J connectivity index is 2.58. The molecule has 8 heteroatoms. The molecule has 1 aromatic rings. The molecule has 0 radical (unpaired) electrons. The molecule has 0 bridgehead atoms. The largest absolute Gasteiger partial charge is 0.481 e. The molecule has 1 heterocycles. The number of hydrogen-bond donors (Lipinski definition) is 2. The highest BCUT2D eigenvalue weighted by Crippen LogP contribution is 2.48. The minimum absolute atomic E-state index is 0.101. The van der Waals surface area contributed by atoms with Crippen molar-refractivity contribution < 1.29 is 24.5 Å². The van der Waals surface area contributed by atoms with Crippen molar-refractivity contribution in [3.05, 3.63) is 11.9 Å². The lowest BCUT2D eigenvalue weighted by molar-refractivity contribution is -0.154. The monoisotopic (exact) mass is 316 g/mol. The van der Waals surface area contributed by atoms with Gasteiger partial charge in [0.05, 0.1) is 20.3 Å². The summed E-state index contributed by atoms with van der Waals surface area (Å²) in [5, 5.41) is 20.4. The van der Waals surface area contributed by atoms with E-state index in [9.17, 15) is 15.0 Å². The van der Waals surface area contributed by atoms with Crippen molar-refractivity contribution in [1.29, 1.82) is 0 Å². The molecule has 0 aliphatic heterocycles. The number of alkyl halides is 1. The number of ether oxygens (including phenoxy) is 2. The number of aliphatic carboxylic acids is 1. The molecule has 1 fully saturated rings. The van der Waals surface area contributed by atoms with Crippen LogP contribution in [0.25, 0.3) is 0 Å². The van der Waals surface area contributed by atoms with Gasteiger partial charge in [0, 0.05) is 0 Å². The molecule has 21 heavy (non-hydrogen) atoms. The molecule has 0 spiro atoms. The Morgan fingerprint density at radius 3 is 2.24 bits per heavy atom. The Hall–Kier alpha value is -1.60. The first-order valence-corrected chi connectivity index (χ1v) is 6.87. The van der Waals surface area contributed by atoms with Crippen LogP contribution in [0, 0.1) is 0 Å². The zero-order valence-electron chi connectivity index (χ0n) is 11.8. The number of aliphatic hydroxyl groups is 1. The second-order valence-electron chi connectivity index (χ2n) is 4.95. The van der Waals surface area contributed by atoms with Crippen LogP contribution in [0.4, 0.5) is 0 Å². The van der Waals surface area contributed by atoms with E-state index in [1.165, 1.54) is 20.3 Å². The zero-order valence-corrected chi connectivity index (χ0v) is 12.6. The van der Waals surface area contributed by atoms with Crippen molar-refractivity contribution in [2.45, 2.75) is 36.2 Å². The van der Waals surface area contributed by atoms with E-state index in [1.807, 2.05) is 0 Å². The van der Waals surface area contributed by atoms with Crippen LogP contribution in [0.15, 0.2) is 6.07 Å². The molecule has 0 saturated heterocycles. The average Bonchev–Trinajstić information content (AvgIpc) is 2.49. The van der Waals surface area contributed by atoms with Crippen LogP contribution in [0.5, 0.6) is 11.8 Å². The molecular formula is C13H17ClN2O5. The van der Waals surface area contributed by atoms with Crippen molar-refractivity contribution in [2.75, 3.05) is 14.2 Å². The summed E-state index contributed by atoms with van der Waals surface area (Å²) in [6, 6.07) is 1.44. The number of carboxylic acid groups (broad SMARTS) is 1. The number of carbonyl (C=O) groups is 1. The number of halogens is 1. The van der Waals surface area contributed by atoms with E-state index in [4.69, 9.17) is 21.1 Å². The van der Waals surface area contributed by atoms with Crippen LogP contribution < -0.4 is 9.47 Å². The number of aromatic nitrogens is 2. The van der Waals surface area contributed by atoms with Crippen LogP contribution in [0.1, 0.15) is 31.5 Å². The van der Waals surface area contributed by atoms with Gasteiger partial charge in [-0.2, -0.15) is 9.97 Å². The fourth-order valence-electron chi connectivity index (χ4n) is 2.53. The van der Waals surface area contributed by atoms with E-state index in [0.29, 0.717) is 12.8 Å². The quantitative estimate of drug-likeness (QED) is 0.807. The lowest BCUT2D eigenvalue weighted by Crippen LogP contribution is -2.56. The van der Waals surface area contributed by atoms with Crippen molar-refractivity contribution >= 4 is 17.6 Å². The smallest absolute Gasteiger partial charge is 0.328 e. The van der Waals surface area contributed by atoms with Crippen molar-refractivity contribution in [1.82, 2.24) is 9.97 Å². The Bertz CT molecular complexity index is 533. The summed E-state index contributed by atoms with van der Waals surface area (Å²) in [5.41, 5.74) is -1.89. The summed E-state index contributed by atoms with van der Waals surface area (Å²) in [7, 11) is 2.81. The molecule has 0 aromatic carbocycles. The molecule has 2 atom stereocenters. The molecule has 1 aliphatic carbocycles. The van der Waals surface area contributed by atoms with Crippen LogP contribution in [0.2, 0.25) is 0 Å². The predicted molar refractivity (Wildman–Crippen MR) is 73.7 cm³/mol. The number of nitrogens with zero attached hydrogens (tertiary/aromatic N) is 2. The third kappa shape index (κ3) is 2.51. The second kappa shape index (κ2) is 5.65. The van der Waals surface area contributed by atoms with E-state index < -0.39 is 16.4 Å². The minimum Gasteiger partial charge on any atom is -0.481 e. The van der Waals surface area contributed by atoms with Crippen LogP contribution in [-0.2, 0) is 10.4 Å². The number of methoxy groups -OCH3 is 2. The molecule has 116 valence electrons. The lowest BCUT2D eigenvalue weighted by Gasteiger charge is -2.42. The topological polar surface area (TPSA) is 102 Å². The van der Waals surface area contributed by atoms with Gasteiger partial charge in [-0.15, -0.1) is 11.6 Å². The summed E-state index contributed by atoms with van der Waals surface area (Å²) in [6.45, 7) is 0. The second-order valence-corrected chi connectivity index (χ2v) is 5.60. The summed E-state index contributed by atoms with van der Waals surface area (Å²) >= 11 is 6.23. The van der Waals surface area contributed by atoms with Gasteiger partial charge in [-0.1, -0.05) is 6.42 Å². The fourth-order valence-corrected chi connectivity index (χ4v) is 2.84. The Morgan fingerprint density at radius 1 is 1.24 bits per heavy atom. The summed E-state index contributed by atoms with van der Waals surface area (Å²) in [4.78, 5) is 17.8. The van der Waals surface area contributed by atoms with E-state index >= 15 is 0 Å². The van der Waals surface area contributed by atoms with E-state index in [1.54, 1.807) is 0 Å². The van der Waals surface area contributed by atoms with Gasteiger partial charge in [-0.25, -0.2) is 0 Å². The van der Waals surface area contributed by atoms with Crippen molar-refractivity contribution in [3.8, 4) is 11.8 Å². The Labute approximate surface area is 126 Å². The Kier molecular flexibility index (Phi) is 4.25. The number of hydrogen-bond acceptors (Lipinski definition) is 6. The number of rotatable bonds is 4. The first-order chi connectivity index (χ1) is 9.87. The molecule has 2 N–H and O–H groups in total. The van der Waals surface area contributed by atoms with Gasteiger partial charge in [-0.05, 0) is 19.3 Å². The van der Waals surface area contributed by atoms with E-state index in [-0.39, 0.29) is 30.4 Å². The Morgan fingerprint density at radius 2 is 1.76 bits per heavy atom. The SMILES string of the molecule is COc1cc(OC)nc(C2(O)CCCCC2(Cl)C(=O)O)n1. The maximum atomic E-state index is 11.6. The molecule has 2 unspecified atom stereocenters. The standard InChI is InChI=1S/C13H17ClN2O5/c1-20-8-7-9(21-2)16-10(15-8)13(19)6-4-3-5-12(13,14)11(17)18/h7,19H,3-6H2,1-2H3,(H,17,18). The van der Waals surface area contributed by atoms with Gasteiger partial charge in [0.2, 0.25) is 11.8 Å². The molecule has 0 amide bonds. The molecule has 1 aromatic heterocycles. The van der Waals surface area contributed by atoms with Gasteiger partial charge in [0.25, 0.3) is 0 Å². The molecule has 1 saturated carbocycles. The molecular weight excluding hydrogens is 300 g/mol. The highest BCUT2D eigenvalue weighted by Gasteiger charge is 2.59. The predicted octanol–water partition coefficient (Wildman–Crippen LogP) is 1.32. The third-order valence-corrected chi connectivity index (χ3v) is 4.44. The highest BCUT2D eigenvalue weighted by molar-refractivity contribution is 6.34. The average molecular weight is 317 g/mol. The van der Waals surface area contributed by atoms with Gasteiger partial charge in [0.1, 0.15) is 0 Å². The summed E-state index contributed by atoms with van der Waals surface area (Å²) in [6.07, 6.45) is 1.52. The third-order valence-electron chi connectivity index (χ3n) is 3.77. The van der Waals surface area contributed by atoms with Gasteiger partial charge in [-0.3, -0.25) is 4.79 Å². The van der Waals surface area contributed by atoms with Crippen LogP contribution in [0.3, 0.4) is 0 Å². The summed E-state index contributed by atoms with van der Waals surface area (Å²) < 4.78 is 10.1. The summed E-state index contributed by atoms with van der Waals surface area (Å²) in [5.74, 6) is -1.06. The first-order valence-electron chi connectivity index (χ1n) is 6.49. The van der Waals surface area contributed by atoms with Crippen molar-refractivity contribution in [3.63, 3.8) is 0 Å². The number of carboxylic acids is 1. The normalized spacial score (nSPS) is 29.0. The lowest BCUT2D eigenvalue weighted by atomic mass is 9.74. The van der Waals surface area contributed by atoms with Gasteiger partial charge < -0.3 is 19.7 Å². The maximum Gasteiger partial charge on any atom is 0.328 e. The fraction of sp³-hybridized carbons (Fsp3) is 0.615. The van der Waals surface area contributed by atoms with Gasteiger partial charge in [0.15, 0.2) is 16.3 Å². The minimum atomic E-state index is -1.89. The van der Waals surface area contributed by atoms with Crippen LogP contribution in [-0.4, -0.2) is 45.2 Å². The van der Waals surface area contributed by atoms with E-state index in [0.717, 1.165) is 0 Å². The van der Waals surface area contributed by atoms with Crippen molar-refractivity contribution in [2.24, 2.45) is 0 Å². The molecule has 7 nitrogen and oxygen atoms in total. The molecule has 2 rings (SSSR count). The maximum absolute atomic E-state index is 11.6. The zero-order chi connectivity index (χ0) is 15.7.